The molecule has 1 aromatic rings. The fourth-order valence-corrected chi connectivity index (χ4v) is 1.47. The second-order valence-corrected chi connectivity index (χ2v) is 3.77. The molecule has 1 heterocycles. The van der Waals surface area contributed by atoms with Crippen molar-refractivity contribution in [1.82, 2.24) is 9.78 Å². The van der Waals surface area contributed by atoms with Crippen LogP contribution in [0.5, 0.6) is 0 Å². The van der Waals surface area contributed by atoms with E-state index >= 15 is 0 Å². The zero-order valence-corrected chi connectivity index (χ0v) is 9.60. The lowest BCUT2D eigenvalue weighted by Crippen LogP contribution is -2.10. The molecule has 0 spiro atoms. The second-order valence-electron chi connectivity index (χ2n) is 3.77. The van der Waals surface area contributed by atoms with Crippen LogP contribution in [0, 0.1) is 10.1 Å². The number of rotatable bonds is 5. The molecule has 0 saturated heterocycles. The first-order valence-corrected chi connectivity index (χ1v) is 5.05. The van der Waals surface area contributed by atoms with Crippen molar-refractivity contribution in [3.05, 3.63) is 15.8 Å². The second kappa shape index (κ2) is 4.93. The van der Waals surface area contributed by atoms with E-state index in [1.807, 2.05) is 13.8 Å². The predicted octanol–water partition coefficient (Wildman–Crippen LogP) is 0.856. The molecular weight excluding hydrogens is 212 g/mol. The molecule has 2 N–H and O–H groups in total. The Morgan fingerprint density at radius 3 is 2.69 bits per heavy atom. The van der Waals surface area contributed by atoms with Crippen LogP contribution in [0.3, 0.4) is 0 Å². The normalized spacial score (nSPS) is 10.8. The Morgan fingerprint density at radius 2 is 2.25 bits per heavy atom. The fraction of sp³-hybridized carbons (Fsp3) is 0.667. The van der Waals surface area contributed by atoms with Gasteiger partial charge in [0.1, 0.15) is 5.69 Å². The summed E-state index contributed by atoms with van der Waals surface area (Å²) in [6.45, 7) is 3.88. The molecule has 16 heavy (non-hydrogen) atoms. The number of anilines is 1. The Morgan fingerprint density at radius 1 is 1.62 bits per heavy atom. The maximum atomic E-state index is 11.0. The maximum Gasteiger partial charge on any atom is 0.334 e. The molecule has 1 aromatic heterocycles. The largest absolute Gasteiger partial charge is 0.395 e. The Balaban J connectivity index is 3.19. The smallest absolute Gasteiger partial charge is 0.334 e. The third-order valence-corrected chi connectivity index (χ3v) is 2.18. The van der Waals surface area contributed by atoms with Crippen molar-refractivity contribution in [1.29, 1.82) is 0 Å². The summed E-state index contributed by atoms with van der Waals surface area (Å²) < 4.78 is 1.43. The van der Waals surface area contributed by atoms with Crippen LogP contribution in [0.25, 0.3) is 0 Å². The Labute approximate surface area is 93.2 Å². The summed E-state index contributed by atoms with van der Waals surface area (Å²) in [7, 11) is 1.64. The predicted molar refractivity (Wildman–Crippen MR) is 59.5 cm³/mol. The van der Waals surface area contributed by atoms with Crippen LogP contribution in [0.1, 0.15) is 25.5 Å². The Kier molecular flexibility index (Phi) is 3.83. The molecule has 1 rings (SSSR count). The first kappa shape index (κ1) is 12.4. The van der Waals surface area contributed by atoms with Gasteiger partial charge in [0.2, 0.25) is 5.82 Å². The third-order valence-electron chi connectivity index (χ3n) is 2.18. The van der Waals surface area contributed by atoms with E-state index in [-0.39, 0.29) is 24.8 Å². The highest BCUT2D eigenvalue weighted by molar-refractivity contribution is 5.60. The van der Waals surface area contributed by atoms with Crippen LogP contribution in [0.15, 0.2) is 0 Å². The van der Waals surface area contributed by atoms with Gasteiger partial charge >= 0.3 is 5.69 Å². The topological polar surface area (TPSA) is 93.2 Å². The van der Waals surface area contributed by atoms with Crippen molar-refractivity contribution < 1.29 is 10.0 Å². The summed E-state index contributed by atoms with van der Waals surface area (Å²) in [5.41, 5.74) is 0.443. The van der Waals surface area contributed by atoms with Gasteiger partial charge < -0.3 is 10.4 Å². The van der Waals surface area contributed by atoms with Crippen molar-refractivity contribution in [2.45, 2.75) is 19.8 Å². The molecule has 0 aromatic carbocycles. The minimum Gasteiger partial charge on any atom is -0.395 e. The molecule has 0 bridgehead atoms. The van der Waals surface area contributed by atoms with Crippen molar-refractivity contribution in [2.75, 3.05) is 18.5 Å². The number of aliphatic hydroxyl groups excluding tert-OH is 1. The zero-order chi connectivity index (χ0) is 12.3. The minimum absolute atomic E-state index is 0.00838. The molecule has 0 amide bonds. The third kappa shape index (κ3) is 2.30. The molecule has 0 atom stereocenters. The van der Waals surface area contributed by atoms with Gasteiger partial charge in [0.05, 0.1) is 11.5 Å². The van der Waals surface area contributed by atoms with Gasteiger partial charge in [0.15, 0.2) is 0 Å². The van der Waals surface area contributed by atoms with Gasteiger partial charge in [0.25, 0.3) is 0 Å². The van der Waals surface area contributed by atoms with E-state index in [0.717, 1.165) is 0 Å². The number of aryl methyl sites for hydroxylation is 1. The van der Waals surface area contributed by atoms with Gasteiger partial charge in [-0.15, -0.1) is 0 Å². The van der Waals surface area contributed by atoms with Gasteiger partial charge in [-0.25, -0.2) is 4.68 Å². The highest BCUT2D eigenvalue weighted by atomic mass is 16.6. The number of hydrogen-bond acceptors (Lipinski definition) is 5. The molecule has 0 fully saturated rings. The van der Waals surface area contributed by atoms with Crippen LogP contribution in [0.2, 0.25) is 0 Å². The van der Waals surface area contributed by atoms with Crippen LogP contribution >= 0.6 is 0 Å². The van der Waals surface area contributed by atoms with E-state index in [2.05, 4.69) is 10.4 Å². The molecular formula is C9H16N4O3. The SMILES string of the molecule is CC(C)c1nn(C)c(NCCO)c1[N+](=O)[O-]. The summed E-state index contributed by atoms with van der Waals surface area (Å²) in [4.78, 5) is 10.5. The van der Waals surface area contributed by atoms with Crippen LogP contribution in [0.4, 0.5) is 11.5 Å². The molecule has 0 unspecified atom stereocenters. The van der Waals surface area contributed by atoms with Crippen LogP contribution < -0.4 is 5.32 Å². The Bertz CT molecular complexity index is 386. The highest BCUT2D eigenvalue weighted by Gasteiger charge is 2.27. The average molecular weight is 228 g/mol. The standard InChI is InChI=1S/C9H16N4O3/c1-6(2)7-8(13(15)16)9(10-4-5-14)12(3)11-7/h6,10,14H,4-5H2,1-3H3. The Hall–Kier alpha value is -1.63. The van der Waals surface area contributed by atoms with Gasteiger partial charge in [0, 0.05) is 19.5 Å². The number of hydrogen-bond donors (Lipinski definition) is 2. The molecule has 0 aliphatic rings. The molecule has 0 aliphatic carbocycles. The van der Waals surface area contributed by atoms with Crippen LogP contribution in [-0.2, 0) is 7.05 Å². The first-order chi connectivity index (χ1) is 7.49. The minimum atomic E-state index is -0.442. The summed E-state index contributed by atoms with van der Waals surface area (Å²) in [6.07, 6.45) is 0. The quantitative estimate of drug-likeness (QED) is 0.575. The fourth-order valence-electron chi connectivity index (χ4n) is 1.47. The number of nitrogens with zero attached hydrogens (tertiary/aromatic N) is 3. The number of aromatic nitrogens is 2. The zero-order valence-electron chi connectivity index (χ0n) is 9.60. The van der Waals surface area contributed by atoms with Gasteiger partial charge in [-0.1, -0.05) is 13.8 Å². The molecule has 0 saturated carbocycles. The summed E-state index contributed by atoms with van der Waals surface area (Å²) >= 11 is 0. The first-order valence-electron chi connectivity index (χ1n) is 5.05. The molecule has 7 heteroatoms. The molecule has 0 radical (unpaired) electrons. The van der Waals surface area contributed by atoms with Crippen molar-refractivity contribution in [3.63, 3.8) is 0 Å². The lowest BCUT2D eigenvalue weighted by atomic mass is 10.1. The van der Waals surface area contributed by atoms with Crippen LogP contribution in [-0.4, -0.2) is 33.0 Å². The van der Waals surface area contributed by atoms with E-state index in [0.29, 0.717) is 11.5 Å². The summed E-state index contributed by atoms with van der Waals surface area (Å²) in [5, 5.41) is 26.6. The monoisotopic (exact) mass is 228 g/mol. The van der Waals surface area contributed by atoms with Crippen molar-refractivity contribution in [2.24, 2.45) is 7.05 Å². The van der Waals surface area contributed by atoms with E-state index in [4.69, 9.17) is 5.11 Å². The molecule has 90 valence electrons. The number of aliphatic hydroxyl groups is 1. The average Bonchev–Trinajstić information content (AvgIpc) is 2.52. The lowest BCUT2D eigenvalue weighted by molar-refractivity contribution is -0.384. The van der Waals surface area contributed by atoms with E-state index in [9.17, 15) is 10.1 Å². The van der Waals surface area contributed by atoms with Crippen molar-refractivity contribution in [3.8, 4) is 0 Å². The van der Waals surface area contributed by atoms with E-state index in [1.54, 1.807) is 7.05 Å². The molecule has 7 nitrogen and oxygen atoms in total. The summed E-state index contributed by atoms with van der Waals surface area (Å²) in [5.74, 6) is 0.319. The van der Waals surface area contributed by atoms with Gasteiger partial charge in [-0.3, -0.25) is 10.1 Å². The maximum absolute atomic E-state index is 11.0. The number of nitro groups is 1. The lowest BCUT2D eigenvalue weighted by Gasteiger charge is -2.03. The highest BCUT2D eigenvalue weighted by Crippen LogP contribution is 2.32. The summed E-state index contributed by atoms with van der Waals surface area (Å²) in [6, 6.07) is 0. The van der Waals surface area contributed by atoms with Gasteiger partial charge in [-0.2, -0.15) is 5.10 Å². The van der Waals surface area contributed by atoms with E-state index in [1.165, 1.54) is 4.68 Å². The van der Waals surface area contributed by atoms with Gasteiger partial charge in [-0.05, 0) is 0 Å². The number of nitrogens with one attached hydrogen (secondary N) is 1. The van der Waals surface area contributed by atoms with Crippen molar-refractivity contribution >= 4 is 11.5 Å². The molecule has 0 aliphatic heterocycles. The van der Waals surface area contributed by atoms with E-state index < -0.39 is 4.92 Å².